The lowest BCUT2D eigenvalue weighted by molar-refractivity contribution is -0.118. The summed E-state index contributed by atoms with van der Waals surface area (Å²) < 4.78 is 1.18. The van der Waals surface area contributed by atoms with Crippen molar-refractivity contribution in [3.63, 3.8) is 0 Å². The van der Waals surface area contributed by atoms with Gasteiger partial charge in [-0.15, -0.1) is 0 Å². The van der Waals surface area contributed by atoms with Crippen LogP contribution in [0.4, 0.5) is 0 Å². The largest absolute Gasteiger partial charge is 0.352 e. The lowest BCUT2D eigenvalue weighted by Gasteiger charge is -2.23. The molecule has 1 amide bonds. The van der Waals surface area contributed by atoms with Crippen LogP contribution < -0.4 is 5.32 Å². The summed E-state index contributed by atoms with van der Waals surface area (Å²) in [5, 5.41) is 2.89. The van der Waals surface area contributed by atoms with Crippen LogP contribution in [0.3, 0.4) is 0 Å². The third-order valence-corrected chi connectivity index (χ3v) is 3.41. The Balaban J connectivity index is 2.51. The van der Waals surface area contributed by atoms with Crippen molar-refractivity contribution in [1.82, 2.24) is 5.32 Å². The Kier molecular flexibility index (Phi) is 5.09. The molecule has 2 nitrogen and oxygen atoms in total. The van der Waals surface area contributed by atoms with Gasteiger partial charge in [-0.05, 0) is 31.1 Å². The number of piperidine rings is 1. The topological polar surface area (TPSA) is 29.1 Å². The predicted octanol–water partition coefficient (Wildman–Crippen LogP) is 3.06. The Hall–Kier alpha value is -0.0600. The molecule has 0 aromatic carbocycles. The predicted molar refractivity (Wildman–Crippen MR) is 72.2 cm³/mol. The molecule has 1 N–H and O–H groups in total. The van der Waals surface area contributed by atoms with E-state index in [-0.39, 0.29) is 5.91 Å². The standard InChI is InChI=1S/C12H20INO/c1-12(2,7-8-13)6-5-10-4-3-9-14-11(10)15/h5H,3-4,6-9H2,1-2H3,(H,14,15)/b10-5+. The van der Waals surface area contributed by atoms with E-state index in [1.165, 1.54) is 10.8 Å². The first-order chi connectivity index (χ1) is 7.05. The van der Waals surface area contributed by atoms with Crippen molar-refractivity contribution in [2.24, 2.45) is 5.41 Å². The van der Waals surface area contributed by atoms with Crippen LogP contribution in [0.5, 0.6) is 0 Å². The second-order valence-corrected chi connectivity index (χ2v) is 5.97. The maximum absolute atomic E-state index is 11.5. The second kappa shape index (κ2) is 5.87. The van der Waals surface area contributed by atoms with Crippen LogP contribution in [0.15, 0.2) is 11.6 Å². The first-order valence-electron chi connectivity index (χ1n) is 5.58. The van der Waals surface area contributed by atoms with E-state index in [1.54, 1.807) is 0 Å². The van der Waals surface area contributed by atoms with Gasteiger partial charge in [0.2, 0.25) is 5.91 Å². The van der Waals surface area contributed by atoms with Gasteiger partial charge in [-0.1, -0.05) is 42.5 Å². The third kappa shape index (κ3) is 4.53. The van der Waals surface area contributed by atoms with Crippen LogP contribution in [0.1, 0.15) is 39.5 Å². The molecular weight excluding hydrogens is 301 g/mol. The molecule has 1 heterocycles. The smallest absolute Gasteiger partial charge is 0.246 e. The minimum atomic E-state index is 0.145. The van der Waals surface area contributed by atoms with Gasteiger partial charge in [0.1, 0.15) is 0 Å². The highest BCUT2D eigenvalue weighted by atomic mass is 127. The average Bonchev–Trinajstić information content (AvgIpc) is 2.16. The van der Waals surface area contributed by atoms with Crippen LogP contribution in [0.25, 0.3) is 0 Å². The van der Waals surface area contributed by atoms with Crippen LogP contribution in [0, 0.1) is 5.41 Å². The first kappa shape index (κ1) is 13.0. The van der Waals surface area contributed by atoms with Gasteiger partial charge in [0.05, 0.1) is 0 Å². The summed E-state index contributed by atoms with van der Waals surface area (Å²) in [5.41, 5.74) is 1.31. The number of halogens is 1. The molecule has 0 radical (unpaired) electrons. The molecule has 15 heavy (non-hydrogen) atoms. The molecule has 0 atom stereocenters. The van der Waals surface area contributed by atoms with E-state index in [2.05, 4.69) is 47.8 Å². The molecule has 0 aliphatic carbocycles. The Morgan fingerprint density at radius 2 is 2.27 bits per heavy atom. The van der Waals surface area contributed by atoms with E-state index >= 15 is 0 Å². The van der Waals surface area contributed by atoms with Crippen LogP contribution >= 0.6 is 22.6 Å². The maximum Gasteiger partial charge on any atom is 0.246 e. The van der Waals surface area contributed by atoms with Crippen molar-refractivity contribution >= 4 is 28.5 Å². The number of rotatable bonds is 4. The van der Waals surface area contributed by atoms with Gasteiger partial charge in [0.15, 0.2) is 0 Å². The molecule has 3 heteroatoms. The van der Waals surface area contributed by atoms with Crippen molar-refractivity contribution in [1.29, 1.82) is 0 Å². The molecular formula is C12H20INO. The van der Waals surface area contributed by atoms with E-state index < -0.39 is 0 Å². The zero-order valence-electron chi connectivity index (χ0n) is 9.61. The van der Waals surface area contributed by atoms with Gasteiger partial charge < -0.3 is 5.32 Å². The summed E-state index contributed by atoms with van der Waals surface area (Å²) in [6.07, 6.45) is 6.40. The Morgan fingerprint density at radius 3 is 2.87 bits per heavy atom. The molecule has 1 fully saturated rings. The zero-order valence-corrected chi connectivity index (χ0v) is 11.8. The Bertz CT molecular complexity index is 258. The summed E-state index contributed by atoms with van der Waals surface area (Å²) in [6, 6.07) is 0. The molecule has 0 spiro atoms. The lowest BCUT2D eigenvalue weighted by Crippen LogP contribution is -2.31. The van der Waals surface area contributed by atoms with Crippen molar-refractivity contribution in [3.05, 3.63) is 11.6 Å². The van der Waals surface area contributed by atoms with Gasteiger partial charge in [-0.25, -0.2) is 0 Å². The molecule has 1 aliphatic heterocycles. The van der Waals surface area contributed by atoms with Gasteiger partial charge in [0.25, 0.3) is 0 Å². The molecule has 86 valence electrons. The lowest BCUT2D eigenvalue weighted by atomic mass is 9.85. The summed E-state index contributed by atoms with van der Waals surface area (Å²) in [4.78, 5) is 11.5. The van der Waals surface area contributed by atoms with Crippen molar-refractivity contribution in [2.45, 2.75) is 39.5 Å². The summed E-state index contributed by atoms with van der Waals surface area (Å²) in [5.74, 6) is 0.145. The first-order valence-corrected chi connectivity index (χ1v) is 7.11. The van der Waals surface area contributed by atoms with Gasteiger partial charge in [-0.2, -0.15) is 0 Å². The van der Waals surface area contributed by atoms with Crippen LogP contribution in [-0.4, -0.2) is 16.9 Å². The highest BCUT2D eigenvalue weighted by Gasteiger charge is 2.18. The van der Waals surface area contributed by atoms with E-state index in [4.69, 9.17) is 0 Å². The van der Waals surface area contributed by atoms with E-state index in [1.807, 2.05) is 0 Å². The van der Waals surface area contributed by atoms with Crippen molar-refractivity contribution in [2.75, 3.05) is 11.0 Å². The quantitative estimate of drug-likeness (QED) is 0.481. The highest BCUT2D eigenvalue weighted by Crippen LogP contribution is 2.27. The minimum absolute atomic E-state index is 0.145. The fourth-order valence-electron chi connectivity index (χ4n) is 1.66. The van der Waals surface area contributed by atoms with Gasteiger partial charge in [0, 0.05) is 16.5 Å². The molecule has 1 saturated heterocycles. The molecule has 1 aliphatic rings. The number of hydrogen-bond donors (Lipinski definition) is 1. The van der Waals surface area contributed by atoms with Crippen LogP contribution in [0.2, 0.25) is 0 Å². The molecule has 1 rings (SSSR count). The monoisotopic (exact) mass is 321 g/mol. The average molecular weight is 321 g/mol. The summed E-state index contributed by atoms with van der Waals surface area (Å²) in [7, 11) is 0. The minimum Gasteiger partial charge on any atom is -0.352 e. The molecule has 0 saturated carbocycles. The normalized spacial score (nSPS) is 20.5. The number of allylic oxidation sites excluding steroid dienone is 1. The molecule has 0 bridgehead atoms. The Morgan fingerprint density at radius 1 is 1.53 bits per heavy atom. The van der Waals surface area contributed by atoms with Crippen LogP contribution in [-0.2, 0) is 4.79 Å². The maximum atomic E-state index is 11.5. The second-order valence-electron chi connectivity index (χ2n) is 4.90. The van der Waals surface area contributed by atoms with Gasteiger partial charge in [-0.3, -0.25) is 4.79 Å². The summed E-state index contributed by atoms with van der Waals surface area (Å²) in [6.45, 7) is 5.38. The van der Waals surface area contributed by atoms with Gasteiger partial charge >= 0.3 is 0 Å². The van der Waals surface area contributed by atoms with E-state index in [0.717, 1.165) is 31.4 Å². The number of hydrogen-bond acceptors (Lipinski definition) is 1. The van der Waals surface area contributed by atoms with E-state index in [0.29, 0.717) is 5.41 Å². The summed E-state index contributed by atoms with van der Waals surface area (Å²) >= 11 is 2.41. The van der Waals surface area contributed by atoms with Crippen molar-refractivity contribution in [3.8, 4) is 0 Å². The third-order valence-electron chi connectivity index (χ3n) is 2.87. The number of alkyl halides is 1. The molecule has 0 unspecified atom stereocenters. The number of carbonyl (C=O) groups is 1. The molecule has 0 aromatic rings. The number of nitrogens with one attached hydrogen (secondary N) is 1. The fourth-order valence-corrected chi connectivity index (χ4v) is 3.12. The fraction of sp³-hybridized carbons (Fsp3) is 0.750. The molecule has 0 aromatic heterocycles. The highest BCUT2D eigenvalue weighted by molar-refractivity contribution is 14.1. The SMILES string of the molecule is CC(C)(C/C=C1\CCCNC1=O)CCI. The number of amides is 1. The zero-order chi connectivity index (χ0) is 11.3. The van der Waals surface area contributed by atoms with E-state index in [9.17, 15) is 4.79 Å². The number of carbonyl (C=O) groups excluding carboxylic acids is 1. The Labute approximate surface area is 106 Å². The van der Waals surface area contributed by atoms with Crippen molar-refractivity contribution < 1.29 is 4.79 Å².